The van der Waals surface area contributed by atoms with Gasteiger partial charge in [-0.05, 0) is 48.8 Å². The zero-order valence-electron chi connectivity index (χ0n) is 12.6. The van der Waals surface area contributed by atoms with Crippen molar-refractivity contribution in [2.45, 2.75) is 52.5 Å². The van der Waals surface area contributed by atoms with Crippen LogP contribution in [0.25, 0.3) is 0 Å². The Labute approximate surface area is 131 Å². The van der Waals surface area contributed by atoms with E-state index < -0.39 is 0 Å². The van der Waals surface area contributed by atoms with Gasteiger partial charge >= 0.3 is 0 Å². The van der Waals surface area contributed by atoms with E-state index in [9.17, 15) is 5.11 Å². The van der Waals surface area contributed by atoms with Gasteiger partial charge in [-0.25, -0.2) is 0 Å². The van der Waals surface area contributed by atoms with E-state index in [-0.39, 0.29) is 0 Å². The van der Waals surface area contributed by atoms with Gasteiger partial charge in [0.05, 0.1) is 0 Å². The average Bonchev–Trinajstić information content (AvgIpc) is 2.81. The molecule has 1 aliphatic rings. The molecule has 0 radical (unpaired) electrons. The SMILES string of the molecule is CC(C)CC1(CNCc2cc(Br)ccc2O)CCCC1. The van der Waals surface area contributed by atoms with Crippen molar-refractivity contribution in [2.24, 2.45) is 11.3 Å². The summed E-state index contributed by atoms with van der Waals surface area (Å²) in [5.41, 5.74) is 1.45. The number of rotatable bonds is 6. The normalized spacial score (nSPS) is 17.8. The molecule has 0 spiro atoms. The molecule has 1 aromatic rings. The van der Waals surface area contributed by atoms with Crippen LogP contribution in [0.1, 0.15) is 51.5 Å². The quantitative estimate of drug-likeness (QED) is 0.776. The van der Waals surface area contributed by atoms with Crippen LogP contribution in [0, 0.1) is 11.3 Å². The second-order valence-electron chi connectivity index (χ2n) is 6.68. The van der Waals surface area contributed by atoms with E-state index in [1.54, 1.807) is 6.07 Å². The molecule has 2 rings (SSSR count). The lowest BCUT2D eigenvalue weighted by Crippen LogP contribution is -2.33. The fourth-order valence-electron chi connectivity index (χ4n) is 3.60. The minimum absolute atomic E-state index is 0.380. The Kier molecular flexibility index (Phi) is 5.50. The first-order valence-electron chi connectivity index (χ1n) is 7.69. The maximum absolute atomic E-state index is 9.88. The van der Waals surface area contributed by atoms with Crippen molar-refractivity contribution in [3.8, 4) is 5.75 Å². The van der Waals surface area contributed by atoms with E-state index in [4.69, 9.17) is 0 Å². The molecule has 1 aliphatic carbocycles. The molecule has 0 saturated heterocycles. The third-order valence-electron chi connectivity index (χ3n) is 4.36. The number of nitrogens with one attached hydrogen (secondary N) is 1. The molecular formula is C17H26BrNO. The molecule has 1 saturated carbocycles. The van der Waals surface area contributed by atoms with Crippen LogP contribution in [-0.2, 0) is 6.54 Å². The van der Waals surface area contributed by atoms with Gasteiger partial charge in [-0.3, -0.25) is 0 Å². The third kappa shape index (κ3) is 4.23. The molecule has 0 atom stereocenters. The summed E-state index contributed by atoms with van der Waals surface area (Å²) in [7, 11) is 0. The number of benzene rings is 1. The lowest BCUT2D eigenvalue weighted by atomic mass is 9.78. The third-order valence-corrected chi connectivity index (χ3v) is 4.86. The summed E-state index contributed by atoms with van der Waals surface area (Å²) in [6.45, 7) is 6.45. The fraction of sp³-hybridized carbons (Fsp3) is 0.647. The van der Waals surface area contributed by atoms with E-state index in [1.807, 2.05) is 12.1 Å². The van der Waals surface area contributed by atoms with Crippen molar-refractivity contribution in [1.82, 2.24) is 5.32 Å². The number of hydrogen-bond donors (Lipinski definition) is 2. The number of hydrogen-bond acceptors (Lipinski definition) is 2. The highest BCUT2D eigenvalue weighted by atomic mass is 79.9. The summed E-state index contributed by atoms with van der Waals surface area (Å²) in [4.78, 5) is 0. The summed E-state index contributed by atoms with van der Waals surface area (Å²) in [5, 5.41) is 13.5. The van der Waals surface area contributed by atoms with Crippen LogP contribution in [0.4, 0.5) is 0 Å². The Morgan fingerprint density at radius 3 is 2.65 bits per heavy atom. The molecule has 20 heavy (non-hydrogen) atoms. The molecule has 0 amide bonds. The first-order chi connectivity index (χ1) is 9.51. The van der Waals surface area contributed by atoms with Crippen molar-refractivity contribution in [3.05, 3.63) is 28.2 Å². The Hall–Kier alpha value is -0.540. The van der Waals surface area contributed by atoms with Gasteiger partial charge in [0.25, 0.3) is 0 Å². The molecule has 0 heterocycles. The van der Waals surface area contributed by atoms with E-state index in [1.165, 1.54) is 32.1 Å². The van der Waals surface area contributed by atoms with E-state index >= 15 is 0 Å². The summed E-state index contributed by atoms with van der Waals surface area (Å²) in [6.07, 6.45) is 6.75. The highest BCUT2D eigenvalue weighted by molar-refractivity contribution is 9.10. The number of aromatic hydroxyl groups is 1. The predicted octanol–water partition coefficient (Wildman–Crippen LogP) is 4.85. The average molecular weight is 340 g/mol. The Morgan fingerprint density at radius 2 is 2.00 bits per heavy atom. The van der Waals surface area contributed by atoms with Crippen LogP contribution in [0.15, 0.2) is 22.7 Å². The summed E-state index contributed by atoms with van der Waals surface area (Å²) in [6, 6.07) is 5.61. The van der Waals surface area contributed by atoms with Gasteiger partial charge in [0, 0.05) is 23.1 Å². The molecule has 112 valence electrons. The minimum Gasteiger partial charge on any atom is -0.508 e. The van der Waals surface area contributed by atoms with E-state index in [2.05, 4.69) is 35.1 Å². The van der Waals surface area contributed by atoms with E-state index in [0.29, 0.717) is 11.2 Å². The Morgan fingerprint density at radius 1 is 1.30 bits per heavy atom. The molecule has 3 heteroatoms. The molecule has 0 bridgehead atoms. The molecule has 2 nitrogen and oxygen atoms in total. The summed E-state index contributed by atoms with van der Waals surface area (Å²) in [5.74, 6) is 1.14. The highest BCUT2D eigenvalue weighted by Crippen LogP contribution is 2.42. The van der Waals surface area contributed by atoms with E-state index in [0.717, 1.165) is 29.0 Å². The van der Waals surface area contributed by atoms with Gasteiger partial charge in [0.2, 0.25) is 0 Å². The molecule has 1 fully saturated rings. The van der Waals surface area contributed by atoms with Gasteiger partial charge in [-0.15, -0.1) is 0 Å². The van der Waals surface area contributed by atoms with Crippen molar-refractivity contribution in [2.75, 3.05) is 6.54 Å². The first kappa shape index (κ1) is 15.8. The zero-order chi connectivity index (χ0) is 14.6. The van der Waals surface area contributed by atoms with Gasteiger partial charge in [-0.2, -0.15) is 0 Å². The summed E-state index contributed by atoms with van der Waals surface area (Å²) < 4.78 is 1.02. The standard InChI is InChI=1S/C17H26BrNO/c1-13(2)10-17(7-3-4-8-17)12-19-11-14-9-15(18)5-6-16(14)20/h5-6,9,13,19-20H,3-4,7-8,10-12H2,1-2H3. The van der Waals surface area contributed by atoms with Crippen LogP contribution in [-0.4, -0.2) is 11.7 Å². The largest absolute Gasteiger partial charge is 0.508 e. The second kappa shape index (κ2) is 6.95. The smallest absolute Gasteiger partial charge is 0.120 e. The Bertz CT molecular complexity index is 439. The zero-order valence-corrected chi connectivity index (χ0v) is 14.2. The lowest BCUT2D eigenvalue weighted by Gasteiger charge is -2.31. The van der Waals surface area contributed by atoms with Crippen LogP contribution >= 0.6 is 15.9 Å². The van der Waals surface area contributed by atoms with Crippen LogP contribution in [0.2, 0.25) is 0 Å². The number of phenols is 1. The topological polar surface area (TPSA) is 32.3 Å². The molecule has 1 aromatic carbocycles. The van der Waals surface area contributed by atoms with Crippen molar-refractivity contribution in [1.29, 1.82) is 0 Å². The van der Waals surface area contributed by atoms with Gasteiger partial charge in [-0.1, -0.05) is 42.6 Å². The number of halogens is 1. The molecule has 2 N–H and O–H groups in total. The van der Waals surface area contributed by atoms with Crippen LogP contribution in [0.3, 0.4) is 0 Å². The van der Waals surface area contributed by atoms with Crippen LogP contribution in [0.5, 0.6) is 5.75 Å². The van der Waals surface area contributed by atoms with Gasteiger partial charge in [0.15, 0.2) is 0 Å². The lowest BCUT2D eigenvalue weighted by molar-refractivity contribution is 0.223. The molecule has 0 aromatic heterocycles. The predicted molar refractivity (Wildman–Crippen MR) is 87.9 cm³/mol. The maximum Gasteiger partial charge on any atom is 0.120 e. The molecule has 0 aliphatic heterocycles. The van der Waals surface area contributed by atoms with Crippen molar-refractivity contribution < 1.29 is 5.11 Å². The number of phenolic OH excluding ortho intramolecular Hbond substituents is 1. The van der Waals surface area contributed by atoms with Crippen molar-refractivity contribution in [3.63, 3.8) is 0 Å². The van der Waals surface area contributed by atoms with Gasteiger partial charge < -0.3 is 10.4 Å². The molecule has 0 unspecified atom stereocenters. The first-order valence-corrected chi connectivity index (χ1v) is 8.48. The van der Waals surface area contributed by atoms with Crippen molar-refractivity contribution >= 4 is 15.9 Å². The molecular weight excluding hydrogens is 314 g/mol. The highest BCUT2D eigenvalue weighted by Gasteiger charge is 2.33. The maximum atomic E-state index is 9.88. The second-order valence-corrected chi connectivity index (χ2v) is 7.60. The Balaban J connectivity index is 1.91. The monoisotopic (exact) mass is 339 g/mol. The minimum atomic E-state index is 0.380. The summed E-state index contributed by atoms with van der Waals surface area (Å²) >= 11 is 3.46. The fourth-order valence-corrected chi connectivity index (χ4v) is 4.01. The van der Waals surface area contributed by atoms with Crippen LogP contribution < -0.4 is 5.32 Å². The van der Waals surface area contributed by atoms with Gasteiger partial charge in [0.1, 0.15) is 5.75 Å².